The van der Waals surface area contributed by atoms with Gasteiger partial charge < -0.3 is 4.74 Å². The predicted molar refractivity (Wildman–Crippen MR) is 53.2 cm³/mol. The summed E-state index contributed by atoms with van der Waals surface area (Å²) in [6.45, 7) is 3.74. The van der Waals surface area contributed by atoms with Crippen LogP contribution in [0.15, 0.2) is 0 Å². The molecule has 0 atom stereocenters. The number of aryl methyl sites for hydroxylation is 1. The molecule has 0 fully saturated rings. The van der Waals surface area contributed by atoms with Gasteiger partial charge in [-0.05, 0) is 19.1 Å². The van der Waals surface area contributed by atoms with Crippen molar-refractivity contribution in [3.63, 3.8) is 0 Å². The van der Waals surface area contributed by atoms with Gasteiger partial charge in [-0.1, -0.05) is 0 Å². The average molecular weight is 212 g/mol. The van der Waals surface area contributed by atoms with Gasteiger partial charge in [0.25, 0.3) is 0 Å². The standard InChI is InChI=1S/C9H16N4O2/c1-9(2,15-4)6-7(14)5-8-10-12-13(3)11-8/h5-6H2,1-4H3. The minimum absolute atomic E-state index is 0.0508. The molecule has 6 heteroatoms. The van der Waals surface area contributed by atoms with E-state index in [-0.39, 0.29) is 12.2 Å². The summed E-state index contributed by atoms with van der Waals surface area (Å²) in [6.07, 6.45) is 0.558. The maximum Gasteiger partial charge on any atom is 0.182 e. The molecule has 0 N–H and O–H groups in total. The summed E-state index contributed by atoms with van der Waals surface area (Å²) in [5, 5.41) is 11.3. The zero-order valence-corrected chi connectivity index (χ0v) is 9.52. The molecule has 1 aromatic rings. The van der Waals surface area contributed by atoms with E-state index in [0.717, 1.165) is 0 Å². The highest BCUT2D eigenvalue weighted by Gasteiger charge is 2.21. The van der Waals surface area contributed by atoms with E-state index in [0.29, 0.717) is 12.2 Å². The van der Waals surface area contributed by atoms with E-state index in [4.69, 9.17) is 4.74 Å². The molecule has 0 aromatic carbocycles. The van der Waals surface area contributed by atoms with Crippen LogP contribution in [0.2, 0.25) is 0 Å². The van der Waals surface area contributed by atoms with Crippen molar-refractivity contribution in [2.45, 2.75) is 32.3 Å². The first-order valence-electron chi connectivity index (χ1n) is 4.73. The van der Waals surface area contributed by atoms with Crippen LogP contribution in [0, 0.1) is 0 Å². The number of hydrogen-bond acceptors (Lipinski definition) is 5. The number of methoxy groups -OCH3 is 1. The quantitative estimate of drug-likeness (QED) is 0.694. The number of aromatic nitrogens is 4. The van der Waals surface area contributed by atoms with E-state index in [1.807, 2.05) is 13.8 Å². The van der Waals surface area contributed by atoms with Gasteiger partial charge in [-0.3, -0.25) is 4.79 Å². The van der Waals surface area contributed by atoms with E-state index < -0.39 is 5.60 Å². The highest BCUT2D eigenvalue weighted by atomic mass is 16.5. The van der Waals surface area contributed by atoms with Gasteiger partial charge in [0.05, 0.1) is 19.1 Å². The zero-order chi connectivity index (χ0) is 11.5. The van der Waals surface area contributed by atoms with Gasteiger partial charge in [0.1, 0.15) is 5.78 Å². The van der Waals surface area contributed by atoms with Gasteiger partial charge in [0, 0.05) is 13.5 Å². The molecular formula is C9H16N4O2. The lowest BCUT2D eigenvalue weighted by molar-refractivity contribution is -0.123. The minimum atomic E-state index is -0.431. The molecule has 1 rings (SSSR count). The Hall–Kier alpha value is -1.30. The van der Waals surface area contributed by atoms with E-state index in [9.17, 15) is 4.79 Å². The molecular weight excluding hydrogens is 196 g/mol. The molecule has 0 unspecified atom stereocenters. The van der Waals surface area contributed by atoms with Crippen LogP contribution in [-0.4, -0.2) is 38.7 Å². The third-order valence-electron chi connectivity index (χ3n) is 2.08. The Kier molecular flexibility index (Phi) is 3.52. The Balaban J connectivity index is 2.50. The molecule has 6 nitrogen and oxygen atoms in total. The monoisotopic (exact) mass is 212 g/mol. The van der Waals surface area contributed by atoms with Crippen LogP contribution in [0.25, 0.3) is 0 Å². The molecule has 0 saturated carbocycles. The Bertz CT molecular complexity index is 346. The van der Waals surface area contributed by atoms with Crippen LogP contribution < -0.4 is 0 Å². The number of ether oxygens (including phenoxy) is 1. The molecule has 0 amide bonds. The molecule has 0 aliphatic carbocycles. The van der Waals surface area contributed by atoms with Crippen molar-refractivity contribution in [2.24, 2.45) is 7.05 Å². The second kappa shape index (κ2) is 4.48. The van der Waals surface area contributed by atoms with Crippen LogP contribution in [0.3, 0.4) is 0 Å². The first-order chi connectivity index (χ1) is 6.93. The van der Waals surface area contributed by atoms with Crippen LogP contribution in [0.5, 0.6) is 0 Å². The van der Waals surface area contributed by atoms with Crippen molar-refractivity contribution in [3.8, 4) is 0 Å². The van der Waals surface area contributed by atoms with Crippen molar-refractivity contribution in [1.29, 1.82) is 0 Å². The topological polar surface area (TPSA) is 69.9 Å². The lowest BCUT2D eigenvalue weighted by Gasteiger charge is -2.21. The van der Waals surface area contributed by atoms with Gasteiger partial charge >= 0.3 is 0 Å². The number of hydrogen-bond donors (Lipinski definition) is 0. The van der Waals surface area contributed by atoms with Gasteiger partial charge in [-0.2, -0.15) is 4.80 Å². The largest absolute Gasteiger partial charge is 0.378 e. The van der Waals surface area contributed by atoms with Crippen LogP contribution in [0.4, 0.5) is 0 Å². The van der Waals surface area contributed by atoms with Crippen molar-refractivity contribution >= 4 is 5.78 Å². The second-order valence-electron chi connectivity index (χ2n) is 4.05. The third kappa shape index (κ3) is 3.75. The van der Waals surface area contributed by atoms with Gasteiger partial charge in [0.2, 0.25) is 0 Å². The number of carbonyl (C=O) groups excluding carboxylic acids is 1. The zero-order valence-electron chi connectivity index (χ0n) is 9.52. The molecule has 84 valence electrons. The van der Waals surface area contributed by atoms with Crippen molar-refractivity contribution < 1.29 is 9.53 Å². The van der Waals surface area contributed by atoms with E-state index in [1.54, 1.807) is 14.2 Å². The lowest BCUT2D eigenvalue weighted by atomic mass is 10.00. The number of tetrazole rings is 1. The number of rotatable bonds is 5. The molecule has 0 saturated heterocycles. The SMILES string of the molecule is COC(C)(C)CC(=O)Cc1nnn(C)n1. The first kappa shape index (κ1) is 11.8. The number of ketones is 1. The average Bonchev–Trinajstić information content (AvgIpc) is 2.50. The van der Waals surface area contributed by atoms with E-state index >= 15 is 0 Å². The van der Waals surface area contributed by atoms with Crippen molar-refractivity contribution in [2.75, 3.05) is 7.11 Å². The van der Waals surface area contributed by atoms with Gasteiger partial charge in [0.15, 0.2) is 5.82 Å². The third-order valence-corrected chi connectivity index (χ3v) is 2.08. The summed E-state index contributed by atoms with van der Waals surface area (Å²) >= 11 is 0. The summed E-state index contributed by atoms with van der Waals surface area (Å²) in [5.41, 5.74) is -0.431. The van der Waals surface area contributed by atoms with Gasteiger partial charge in [-0.15, -0.1) is 10.2 Å². The molecule has 1 heterocycles. The number of carbonyl (C=O) groups is 1. The summed E-state index contributed by atoms with van der Waals surface area (Å²) in [5.74, 6) is 0.504. The Morgan fingerprint density at radius 1 is 1.53 bits per heavy atom. The predicted octanol–water partition coefficient (Wildman–Crippen LogP) is 0.137. The summed E-state index contributed by atoms with van der Waals surface area (Å²) in [6, 6.07) is 0. The molecule has 0 aliphatic rings. The maximum absolute atomic E-state index is 11.6. The molecule has 15 heavy (non-hydrogen) atoms. The Morgan fingerprint density at radius 2 is 2.20 bits per heavy atom. The number of Topliss-reactive ketones (excluding diaryl/α,β-unsaturated/α-hetero) is 1. The van der Waals surface area contributed by atoms with Crippen molar-refractivity contribution in [1.82, 2.24) is 20.2 Å². The van der Waals surface area contributed by atoms with E-state index in [1.165, 1.54) is 4.80 Å². The summed E-state index contributed by atoms with van der Waals surface area (Å²) in [7, 11) is 3.26. The molecule has 0 spiro atoms. The van der Waals surface area contributed by atoms with Gasteiger partial charge in [-0.25, -0.2) is 0 Å². The maximum atomic E-state index is 11.6. The normalized spacial score (nSPS) is 11.7. The Labute approximate surface area is 88.6 Å². The summed E-state index contributed by atoms with van der Waals surface area (Å²) < 4.78 is 5.17. The fourth-order valence-corrected chi connectivity index (χ4v) is 1.18. The lowest BCUT2D eigenvalue weighted by Crippen LogP contribution is -2.27. The Morgan fingerprint density at radius 3 is 2.67 bits per heavy atom. The van der Waals surface area contributed by atoms with Crippen LogP contribution >= 0.6 is 0 Å². The fourth-order valence-electron chi connectivity index (χ4n) is 1.18. The van der Waals surface area contributed by atoms with E-state index in [2.05, 4.69) is 15.4 Å². The first-order valence-corrected chi connectivity index (χ1v) is 4.73. The molecule has 1 aromatic heterocycles. The second-order valence-corrected chi connectivity index (χ2v) is 4.05. The molecule has 0 bridgehead atoms. The fraction of sp³-hybridized carbons (Fsp3) is 0.778. The smallest absolute Gasteiger partial charge is 0.182 e. The molecule has 0 aliphatic heterocycles. The molecule has 0 radical (unpaired) electrons. The van der Waals surface area contributed by atoms with Crippen LogP contribution in [0.1, 0.15) is 26.1 Å². The summed E-state index contributed by atoms with van der Waals surface area (Å²) in [4.78, 5) is 12.9. The minimum Gasteiger partial charge on any atom is -0.378 e. The van der Waals surface area contributed by atoms with Crippen molar-refractivity contribution in [3.05, 3.63) is 5.82 Å². The number of nitrogens with zero attached hydrogens (tertiary/aromatic N) is 4. The highest BCUT2D eigenvalue weighted by Crippen LogP contribution is 2.14. The highest BCUT2D eigenvalue weighted by molar-refractivity contribution is 5.80. The van der Waals surface area contributed by atoms with Crippen LogP contribution in [-0.2, 0) is 23.0 Å².